The fourth-order valence-electron chi connectivity index (χ4n) is 2.78. The van der Waals surface area contributed by atoms with E-state index >= 15 is 0 Å². The summed E-state index contributed by atoms with van der Waals surface area (Å²) in [6.45, 7) is 1.11. The van der Waals surface area contributed by atoms with Gasteiger partial charge in [0.2, 0.25) is 0 Å². The zero-order valence-electron chi connectivity index (χ0n) is 9.85. The number of nitrogens with one attached hydrogen (secondary N) is 2. The normalized spacial score (nSPS) is 20.4. The molecule has 0 aliphatic heterocycles. The molecule has 2 nitrogen and oxygen atoms in total. The third-order valence-electron chi connectivity index (χ3n) is 3.66. The lowest BCUT2D eigenvalue weighted by Crippen LogP contribution is -2.47. The van der Waals surface area contributed by atoms with Gasteiger partial charge in [0.25, 0.3) is 0 Å². The molecule has 1 heterocycles. The third kappa shape index (κ3) is 2.21. The summed E-state index contributed by atoms with van der Waals surface area (Å²) in [6.07, 6.45) is 4.02. The maximum atomic E-state index is 3.55. The average Bonchev–Trinajstić information content (AvgIpc) is 2.62. The van der Waals surface area contributed by atoms with Gasteiger partial charge in [-0.2, -0.15) is 0 Å². The zero-order valence-corrected chi connectivity index (χ0v) is 12.2. The van der Waals surface area contributed by atoms with Crippen LogP contribution in [0, 0.1) is 5.41 Å². The minimum atomic E-state index is 0.424. The van der Waals surface area contributed by atoms with Crippen LogP contribution in [-0.2, 0) is 0 Å². The fourth-order valence-corrected chi connectivity index (χ4v) is 4.46. The van der Waals surface area contributed by atoms with Crippen LogP contribution in [0.5, 0.6) is 0 Å². The zero-order chi connectivity index (χ0) is 11.6. The van der Waals surface area contributed by atoms with Crippen LogP contribution in [0.3, 0.4) is 0 Å². The van der Waals surface area contributed by atoms with Crippen LogP contribution >= 0.6 is 27.3 Å². The molecule has 0 amide bonds. The Kier molecular flexibility index (Phi) is 4.06. The highest BCUT2D eigenvalue weighted by molar-refractivity contribution is 9.11. The van der Waals surface area contributed by atoms with Gasteiger partial charge < -0.3 is 10.6 Å². The second-order valence-corrected chi connectivity index (χ2v) is 7.10. The highest BCUT2D eigenvalue weighted by Gasteiger charge is 2.44. The van der Waals surface area contributed by atoms with E-state index in [2.05, 4.69) is 52.8 Å². The van der Waals surface area contributed by atoms with E-state index < -0.39 is 0 Å². The molecule has 1 unspecified atom stereocenters. The first-order valence-corrected chi connectivity index (χ1v) is 7.40. The van der Waals surface area contributed by atoms with Gasteiger partial charge in [0, 0.05) is 22.9 Å². The van der Waals surface area contributed by atoms with Crippen LogP contribution in [-0.4, -0.2) is 20.6 Å². The molecule has 0 bridgehead atoms. The molecule has 0 spiro atoms. The van der Waals surface area contributed by atoms with Crippen LogP contribution in [0.25, 0.3) is 0 Å². The number of halogens is 1. The minimum Gasteiger partial charge on any atom is -0.319 e. The Morgan fingerprint density at radius 1 is 1.44 bits per heavy atom. The third-order valence-corrected chi connectivity index (χ3v) is 5.35. The summed E-state index contributed by atoms with van der Waals surface area (Å²) >= 11 is 5.40. The maximum absolute atomic E-state index is 3.55. The topological polar surface area (TPSA) is 24.1 Å². The van der Waals surface area contributed by atoms with Crippen molar-refractivity contribution in [3.05, 3.63) is 20.8 Å². The maximum Gasteiger partial charge on any atom is 0.0701 e. The van der Waals surface area contributed by atoms with Gasteiger partial charge in [-0.05, 0) is 55.0 Å². The van der Waals surface area contributed by atoms with Crippen molar-refractivity contribution in [1.82, 2.24) is 10.6 Å². The van der Waals surface area contributed by atoms with Crippen molar-refractivity contribution in [2.24, 2.45) is 5.41 Å². The first-order valence-electron chi connectivity index (χ1n) is 5.79. The second kappa shape index (κ2) is 5.17. The Bertz CT molecular complexity index is 347. The predicted molar refractivity (Wildman–Crippen MR) is 74.0 cm³/mol. The Morgan fingerprint density at radius 2 is 2.19 bits per heavy atom. The second-order valence-electron chi connectivity index (χ2n) is 4.61. The summed E-state index contributed by atoms with van der Waals surface area (Å²) in [7, 11) is 4.13. The van der Waals surface area contributed by atoms with E-state index in [0.29, 0.717) is 11.5 Å². The SMILES string of the molecule is CNCC1(C(NC)c2ccc(Br)s2)CCC1. The van der Waals surface area contributed by atoms with E-state index in [1.807, 2.05) is 11.3 Å². The summed E-state index contributed by atoms with van der Waals surface area (Å²) < 4.78 is 1.22. The van der Waals surface area contributed by atoms with E-state index in [-0.39, 0.29) is 0 Å². The Hall–Kier alpha value is 0.1000. The summed E-state index contributed by atoms with van der Waals surface area (Å²) in [5, 5.41) is 6.86. The monoisotopic (exact) mass is 302 g/mol. The molecule has 90 valence electrons. The molecular weight excluding hydrogens is 284 g/mol. The Morgan fingerprint density at radius 3 is 2.56 bits per heavy atom. The summed E-state index contributed by atoms with van der Waals surface area (Å²) in [5.41, 5.74) is 0.424. The Labute approximate surface area is 110 Å². The minimum absolute atomic E-state index is 0.424. The van der Waals surface area contributed by atoms with Crippen LogP contribution in [0.1, 0.15) is 30.2 Å². The van der Waals surface area contributed by atoms with Crippen LogP contribution in [0.2, 0.25) is 0 Å². The molecule has 16 heavy (non-hydrogen) atoms. The van der Waals surface area contributed by atoms with Crippen molar-refractivity contribution in [2.45, 2.75) is 25.3 Å². The van der Waals surface area contributed by atoms with E-state index in [4.69, 9.17) is 0 Å². The standard InChI is InChI=1S/C12H19BrN2S/c1-14-8-12(6-3-7-12)11(15-2)9-4-5-10(13)16-9/h4-5,11,14-15H,3,6-8H2,1-2H3. The van der Waals surface area contributed by atoms with Crippen molar-refractivity contribution in [3.8, 4) is 0 Å². The van der Waals surface area contributed by atoms with E-state index in [1.54, 1.807) is 0 Å². The molecular formula is C12H19BrN2S. The van der Waals surface area contributed by atoms with Gasteiger partial charge in [-0.3, -0.25) is 0 Å². The lowest BCUT2D eigenvalue weighted by Gasteiger charge is -2.47. The number of thiophene rings is 1. The predicted octanol–water partition coefficient (Wildman–Crippen LogP) is 3.16. The quantitative estimate of drug-likeness (QED) is 0.873. The molecule has 1 atom stereocenters. The first-order chi connectivity index (χ1) is 7.72. The van der Waals surface area contributed by atoms with Crippen molar-refractivity contribution in [3.63, 3.8) is 0 Å². The number of rotatable bonds is 5. The molecule has 0 radical (unpaired) electrons. The molecule has 1 aromatic rings. The molecule has 0 saturated heterocycles. The highest BCUT2D eigenvalue weighted by atomic mass is 79.9. The fraction of sp³-hybridized carbons (Fsp3) is 0.667. The van der Waals surface area contributed by atoms with Crippen molar-refractivity contribution >= 4 is 27.3 Å². The van der Waals surface area contributed by atoms with Gasteiger partial charge in [0.1, 0.15) is 0 Å². The largest absolute Gasteiger partial charge is 0.319 e. The average molecular weight is 303 g/mol. The van der Waals surface area contributed by atoms with Gasteiger partial charge >= 0.3 is 0 Å². The Balaban J connectivity index is 2.20. The van der Waals surface area contributed by atoms with Crippen LogP contribution < -0.4 is 10.6 Å². The van der Waals surface area contributed by atoms with Crippen molar-refractivity contribution in [1.29, 1.82) is 0 Å². The number of hydrogen-bond acceptors (Lipinski definition) is 3. The molecule has 1 aliphatic rings. The first kappa shape index (κ1) is 12.6. The van der Waals surface area contributed by atoms with Crippen LogP contribution in [0.4, 0.5) is 0 Å². The molecule has 1 aliphatic carbocycles. The summed E-state index contributed by atoms with van der Waals surface area (Å²) in [5.74, 6) is 0. The van der Waals surface area contributed by atoms with Gasteiger partial charge in [0.05, 0.1) is 3.79 Å². The smallest absolute Gasteiger partial charge is 0.0701 e. The van der Waals surface area contributed by atoms with Crippen molar-refractivity contribution in [2.75, 3.05) is 20.6 Å². The lowest BCUT2D eigenvalue weighted by atomic mass is 9.63. The van der Waals surface area contributed by atoms with Crippen LogP contribution in [0.15, 0.2) is 15.9 Å². The lowest BCUT2D eigenvalue weighted by molar-refractivity contribution is 0.0806. The molecule has 4 heteroatoms. The molecule has 1 saturated carbocycles. The van der Waals surface area contributed by atoms with Crippen molar-refractivity contribution < 1.29 is 0 Å². The van der Waals surface area contributed by atoms with E-state index in [1.165, 1.54) is 27.9 Å². The summed E-state index contributed by atoms with van der Waals surface area (Å²) in [6, 6.07) is 4.88. The molecule has 2 N–H and O–H groups in total. The van der Waals surface area contributed by atoms with Gasteiger partial charge in [-0.1, -0.05) is 6.42 Å². The van der Waals surface area contributed by atoms with Gasteiger partial charge in [-0.15, -0.1) is 11.3 Å². The van der Waals surface area contributed by atoms with E-state index in [9.17, 15) is 0 Å². The number of hydrogen-bond donors (Lipinski definition) is 2. The molecule has 2 rings (SSSR count). The molecule has 0 aromatic carbocycles. The van der Waals surface area contributed by atoms with E-state index in [0.717, 1.165) is 6.54 Å². The molecule has 1 fully saturated rings. The van der Waals surface area contributed by atoms with Gasteiger partial charge in [-0.25, -0.2) is 0 Å². The van der Waals surface area contributed by atoms with Gasteiger partial charge in [0.15, 0.2) is 0 Å². The summed E-state index contributed by atoms with van der Waals surface area (Å²) in [4.78, 5) is 1.45. The molecule has 1 aromatic heterocycles. The highest BCUT2D eigenvalue weighted by Crippen LogP contribution is 2.51.